The second-order valence-corrected chi connectivity index (χ2v) is 7.45. The Bertz CT molecular complexity index is 1180. The first-order chi connectivity index (χ1) is 14.5. The predicted octanol–water partition coefficient (Wildman–Crippen LogP) is 4.52. The Morgan fingerprint density at radius 1 is 1.13 bits per heavy atom. The van der Waals surface area contributed by atoms with Crippen LogP contribution in [0.4, 0.5) is 0 Å². The molecule has 0 spiro atoms. The Labute approximate surface area is 176 Å². The number of benzene rings is 2. The summed E-state index contributed by atoms with van der Waals surface area (Å²) in [5.74, 6) is 0.00801. The summed E-state index contributed by atoms with van der Waals surface area (Å²) in [4.78, 5) is 24.1. The van der Waals surface area contributed by atoms with Gasteiger partial charge in [0.15, 0.2) is 0 Å². The van der Waals surface area contributed by atoms with Crippen molar-refractivity contribution in [2.75, 3.05) is 7.05 Å². The SMILES string of the molecule is CCc1nc2ccccc2c(C(=O)N(C)C(C)c2ccc(-n3cncn3)cc2)c1C. The van der Waals surface area contributed by atoms with Gasteiger partial charge in [-0.25, -0.2) is 9.67 Å². The maximum Gasteiger partial charge on any atom is 0.255 e. The van der Waals surface area contributed by atoms with Crippen LogP contribution in [0, 0.1) is 6.92 Å². The number of aromatic nitrogens is 4. The van der Waals surface area contributed by atoms with Crippen LogP contribution in [0.5, 0.6) is 0 Å². The number of hydrogen-bond acceptors (Lipinski definition) is 4. The van der Waals surface area contributed by atoms with Gasteiger partial charge in [0.25, 0.3) is 5.91 Å². The molecular weight excluding hydrogens is 374 g/mol. The molecule has 0 fully saturated rings. The van der Waals surface area contributed by atoms with Gasteiger partial charge in [-0.2, -0.15) is 5.10 Å². The van der Waals surface area contributed by atoms with Gasteiger partial charge in [-0.1, -0.05) is 37.3 Å². The smallest absolute Gasteiger partial charge is 0.255 e. The number of hydrogen-bond donors (Lipinski definition) is 0. The van der Waals surface area contributed by atoms with E-state index >= 15 is 0 Å². The first kappa shape index (κ1) is 19.8. The Balaban J connectivity index is 1.67. The maximum absolute atomic E-state index is 13.6. The van der Waals surface area contributed by atoms with Crippen LogP contribution in [-0.2, 0) is 6.42 Å². The molecular formula is C24H25N5O. The predicted molar refractivity (Wildman–Crippen MR) is 118 cm³/mol. The van der Waals surface area contributed by atoms with Gasteiger partial charge in [-0.15, -0.1) is 0 Å². The van der Waals surface area contributed by atoms with E-state index < -0.39 is 0 Å². The molecule has 2 aromatic heterocycles. The summed E-state index contributed by atoms with van der Waals surface area (Å²) in [6.45, 7) is 6.11. The summed E-state index contributed by atoms with van der Waals surface area (Å²) in [5.41, 5.74) is 5.52. The molecule has 1 amide bonds. The second kappa shape index (κ2) is 8.06. The summed E-state index contributed by atoms with van der Waals surface area (Å²) in [6.07, 6.45) is 3.96. The minimum atomic E-state index is -0.0845. The van der Waals surface area contributed by atoms with Crippen LogP contribution >= 0.6 is 0 Å². The molecule has 0 saturated carbocycles. The molecule has 152 valence electrons. The summed E-state index contributed by atoms with van der Waals surface area (Å²) in [7, 11) is 1.86. The number of fused-ring (bicyclic) bond motifs is 1. The van der Waals surface area contributed by atoms with Crippen molar-refractivity contribution in [2.24, 2.45) is 0 Å². The van der Waals surface area contributed by atoms with E-state index in [0.29, 0.717) is 0 Å². The number of carbonyl (C=O) groups is 1. The van der Waals surface area contributed by atoms with Crippen LogP contribution in [0.3, 0.4) is 0 Å². The second-order valence-electron chi connectivity index (χ2n) is 7.45. The largest absolute Gasteiger partial charge is 0.335 e. The molecule has 0 N–H and O–H groups in total. The van der Waals surface area contributed by atoms with Crippen molar-refractivity contribution in [3.05, 3.63) is 83.6 Å². The van der Waals surface area contributed by atoms with Crippen molar-refractivity contribution in [1.82, 2.24) is 24.6 Å². The molecule has 0 bridgehead atoms. The summed E-state index contributed by atoms with van der Waals surface area (Å²) >= 11 is 0. The maximum atomic E-state index is 13.6. The zero-order chi connectivity index (χ0) is 21.3. The van der Waals surface area contributed by atoms with Gasteiger partial charge in [0, 0.05) is 18.1 Å². The Hall–Kier alpha value is -3.54. The first-order valence-electron chi connectivity index (χ1n) is 10.1. The first-order valence-corrected chi connectivity index (χ1v) is 10.1. The Morgan fingerprint density at radius 2 is 1.87 bits per heavy atom. The van der Waals surface area contributed by atoms with Gasteiger partial charge in [0.1, 0.15) is 12.7 Å². The number of amides is 1. The topological polar surface area (TPSA) is 63.9 Å². The number of para-hydroxylation sites is 1. The van der Waals surface area contributed by atoms with Crippen molar-refractivity contribution in [3.63, 3.8) is 0 Å². The summed E-state index contributed by atoms with van der Waals surface area (Å²) < 4.78 is 1.71. The van der Waals surface area contributed by atoms with Crippen LogP contribution in [-0.4, -0.2) is 37.6 Å². The Morgan fingerprint density at radius 3 is 2.53 bits per heavy atom. The molecule has 0 aliphatic heterocycles. The van der Waals surface area contributed by atoms with Crippen molar-refractivity contribution in [2.45, 2.75) is 33.2 Å². The monoisotopic (exact) mass is 399 g/mol. The van der Waals surface area contributed by atoms with Gasteiger partial charge < -0.3 is 4.90 Å². The number of nitrogens with zero attached hydrogens (tertiary/aromatic N) is 5. The van der Waals surface area contributed by atoms with Crippen LogP contribution < -0.4 is 0 Å². The fourth-order valence-electron chi connectivity index (χ4n) is 3.80. The van der Waals surface area contributed by atoms with E-state index in [0.717, 1.165) is 45.4 Å². The van der Waals surface area contributed by atoms with Crippen LogP contribution in [0.25, 0.3) is 16.6 Å². The highest BCUT2D eigenvalue weighted by atomic mass is 16.2. The highest BCUT2D eigenvalue weighted by Crippen LogP contribution is 2.28. The molecule has 2 aromatic carbocycles. The van der Waals surface area contributed by atoms with Gasteiger partial charge >= 0.3 is 0 Å². The van der Waals surface area contributed by atoms with Crippen molar-refractivity contribution in [3.8, 4) is 5.69 Å². The van der Waals surface area contributed by atoms with E-state index in [-0.39, 0.29) is 11.9 Å². The van der Waals surface area contributed by atoms with E-state index in [4.69, 9.17) is 4.98 Å². The van der Waals surface area contributed by atoms with Gasteiger partial charge in [-0.05, 0) is 49.6 Å². The molecule has 1 unspecified atom stereocenters. The number of carbonyl (C=O) groups excluding carboxylic acids is 1. The number of aryl methyl sites for hydroxylation is 1. The zero-order valence-corrected chi connectivity index (χ0v) is 17.7. The Kier molecular flexibility index (Phi) is 5.31. The zero-order valence-electron chi connectivity index (χ0n) is 17.7. The van der Waals surface area contributed by atoms with E-state index in [9.17, 15) is 4.79 Å². The minimum Gasteiger partial charge on any atom is -0.335 e. The lowest BCUT2D eigenvalue weighted by atomic mass is 9.98. The normalized spacial score (nSPS) is 12.1. The van der Waals surface area contributed by atoms with E-state index in [1.165, 1.54) is 6.33 Å². The molecule has 1 atom stereocenters. The van der Waals surface area contributed by atoms with Crippen molar-refractivity contribution >= 4 is 16.8 Å². The third-order valence-corrected chi connectivity index (χ3v) is 5.75. The lowest BCUT2D eigenvalue weighted by Crippen LogP contribution is -2.30. The summed E-state index contributed by atoms with van der Waals surface area (Å²) in [5, 5.41) is 5.05. The molecule has 2 heterocycles. The van der Waals surface area contributed by atoms with Gasteiger partial charge in [0.05, 0.1) is 22.8 Å². The lowest BCUT2D eigenvalue weighted by molar-refractivity contribution is 0.0743. The van der Waals surface area contributed by atoms with Crippen LogP contribution in [0.2, 0.25) is 0 Å². The third kappa shape index (κ3) is 3.45. The highest BCUT2D eigenvalue weighted by Gasteiger charge is 2.24. The van der Waals surface area contributed by atoms with Crippen LogP contribution in [0.15, 0.2) is 61.2 Å². The fraction of sp³-hybridized carbons (Fsp3) is 0.250. The molecule has 30 heavy (non-hydrogen) atoms. The highest BCUT2D eigenvalue weighted by molar-refractivity contribution is 6.07. The molecule has 6 nitrogen and oxygen atoms in total. The fourth-order valence-corrected chi connectivity index (χ4v) is 3.80. The molecule has 0 aliphatic rings. The molecule has 0 radical (unpaired) electrons. The van der Waals surface area contributed by atoms with E-state index in [2.05, 4.69) is 17.0 Å². The molecule has 0 saturated heterocycles. The number of rotatable bonds is 5. The molecule has 0 aliphatic carbocycles. The van der Waals surface area contributed by atoms with Crippen molar-refractivity contribution in [1.29, 1.82) is 0 Å². The molecule has 4 aromatic rings. The van der Waals surface area contributed by atoms with Crippen LogP contribution in [0.1, 0.15) is 47.1 Å². The quantitative estimate of drug-likeness (QED) is 0.495. The third-order valence-electron chi connectivity index (χ3n) is 5.75. The standard InChI is InChI=1S/C24H25N5O/c1-5-21-16(2)23(20-8-6-7-9-22(20)27-21)24(30)28(4)17(3)18-10-12-19(13-11-18)29-15-25-14-26-29/h6-15,17H,5H2,1-4H3. The average Bonchev–Trinajstić information content (AvgIpc) is 3.32. The lowest BCUT2D eigenvalue weighted by Gasteiger charge is -2.27. The minimum absolute atomic E-state index is 0.00801. The van der Waals surface area contributed by atoms with E-state index in [1.807, 2.05) is 69.4 Å². The molecule has 4 rings (SSSR count). The average molecular weight is 399 g/mol. The summed E-state index contributed by atoms with van der Waals surface area (Å²) in [6, 6.07) is 15.8. The van der Waals surface area contributed by atoms with Gasteiger partial charge in [-0.3, -0.25) is 9.78 Å². The molecule has 6 heteroatoms. The van der Waals surface area contributed by atoms with E-state index in [1.54, 1.807) is 15.9 Å². The van der Waals surface area contributed by atoms with Gasteiger partial charge in [0.2, 0.25) is 0 Å². The number of pyridine rings is 1. The van der Waals surface area contributed by atoms with Crippen molar-refractivity contribution < 1.29 is 4.79 Å².